The smallest absolute Gasteiger partial charge is 0.0110 e. The summed E-state index contributed by atoms with van der Waals surface area (Å²) in [6.07, 6.45) is 10.8. The van der Waals surface area contributed by atoms with Crippen LogP contribution in [0.25, 0.3) is 0 Å². The van der Waals surface area contributed by atoms with Crippen LogP contribution < -0.4 is 11.1 Å². The number of unbranched alkanes of at least 4 members (excludes halogenated alkanes) is 2. The summed E-state index contributed by atoms with van der Waals surface area (Å²) >= 11 is 0. The molecule has 96 valence electrons. The van der Waals surface area contributed by atoms with Crippen molar-refractivity contribution in [3.63, 3.8) is 0 Å². The molecule has 0 saturated heterocycles. The Balaban J connectivity index is 2.22. The Morgan fingerprint density at radius 3 is 2.69 bits per heavy atom. The molecule has 0 heterocycles. The van der Waals surface area contributed by atoms with E-state index in [1.54, 1.807) is 0 Å². The highest BCUT2D eigenvalue weighted by Crippen LogP contribution is 2.24. The van der Waals surface area contributed by atoms with Gasteiger partial charge in [0, 0.05) is 12.1 Å². The molecule has 0 bridgehead atoms. The van der Waals surface area contributed by atoms with Gasteiger partial charge in [-0.1, -0.05) is 39.0 Å². The fourth-order valence-electron chi connectivity index (χ4n) is 2.86. The van der Waals surface area contributed by atoms with Crippen molar-refractivity contribution in [1.29, 1.82) is 0 Å². The molecule has 1 saturated carbocycles. The van der Waals surface area contributed by atoms with Crippen molar-refractivity contribution in [2.24, 2.45) is 11.7 Å². The summed E-state index contributed by atoms with van der Waals surface area (Å²) in [5.74, 6) is 0.724. The van der Waals surface area contributed by atoms with Gasteiger partial charge >= 0.3 is 0 Å². The fourth-order valence-corrected chi connectivity index (χ4v) is 2.86. The minimum Gasteiger partial charge on any atom is -0.330 e. The van der Waals surface area contributed by atoms with E-state index < -0.39 is 0 Å². The second-order valence-corrected chi connectivity index (χ2v) is 5.45. The molecular formula is C14H30N2. The van der Waals surface area contributed by atoms with Crippen LogP contribution in [-0.2, 0) is 0 Å². The lowest BCUT2D eigenvalue weighted by Gasteiger charge is -2.33. The minimum absolute atomic E-state index is 0.670. The zero-order valence-corrected chi connectivity index (χ0v) is 11.2. The Morgan fingerprint density at radius 2 is 2.00 bits per heavy atom. The second kappa shape index (κ2) is 8.08. The molecular weight excluding hydrogens is 196 g/mol. The molecule has 0 aromatic rings. The van der Waals surface area contributed by atoms with E-state index in [-0.39, 0.29) is 0 Å². The normalized spacial score (nSPS) is 27.9. The summed E-state index contributed by atoms with van der Waals surface area (Å²) in [7, 11) is 0. The maximum atomic E-state index is 5.85. The third-order valence-electron chi connectivity index (χ3n) is 3.95. The summed E-state index contributed by atoms with van der Waals surface area (Å²) in [5, 5.41) is 3.80. The third-order valence-corrected chi connectivity index (χ3v) is 3.95. The molecule has 3 unspecified atom stereocenters. The van der Waals surface area contributed by atoms with Gasteiger partial charge in [0.2, 0.25) is 0 Å². The first kappa shape index (κ1) is 14.0. The van der Waals surface area contributed by atoms with Crippen molar-refractivity contribution in [3.8, 4) is 0 Å². The van der Waals surface area contributed by atoms with Crippen molar-refractivity contribution < 1.29 is 0 Å². The predicted molar refractivity (Wildman–Crippen MR) is 71.5 cm³/mol. The van der Waals surface area contributed by atoms with Crippen LogP contribution >= 0.6 is 0 Å². The molecule has 2 heteroatoms. The number of hydrogen-bond donors (Lipinski definition) is 2. The first-order chi connectivity index (χ1) is 7.77. The molecule has 2 nitrogen and oxygen atoms in total. The monoisotopic (exact) mass is 226 g/mol. The molecule has 0 radical (unpaired) electrons. The van der Waals surface area contributed by atoms with Crippen molar-refractivity contribution >= 4 is 0 Å². The van der Waals surface area contributed by atoms with Crippen molar-refractivity contribution in [2.75, 3.05) is 6.54 Å². The first-order valence-electron chi connectivity index (χ1n) is 7.24. The number of hydrogen-bond acceptors (Lipinski definition) is 2. The van der Waals surface area contributed by atoms with E-state index in [1.807, 2.05) is 0 Å². The zero-order chi connectivity index (χ0) is 11.8. The van der Waals surface area contributed by atoms with Gasteiger partial charge in [-0.05, 0) is 38.6 Å². The summed E-state index contributed by atoms with van der Waals surface area (Å²) in [6, 6.07) is 1.36. The Bertz CT molecular complexity index is 170. The molecule has 1 aliphatic rings. The summed E-state index contributed by atoms with van der Waals surface area (Å²) in [4.78, 5) is 0. The van der Waals surface area contributed by atoms with E-state index in [0.717, 1.165) is 12.5 Å². The standard InChI is InChI=1S/C14H30N2/c1-3-4-5-8-12(2)16-14-10-7-6-9-13(14)11-15/h12-14,16H,3-11,15H2,1-2H3. The molecule has 0 spiro atoms. The molecule has 16 heavy (non-hydrogen) atoms. The van der Waals surface area contributed by atoms with E-state index in [1.165, 1.54) is 51.4 Å². The van der Waals surface area contributed by atoms with E-state index in [4.69, 9.17) is 5.73 Å². The van der Waals surface area contributed by atoms with Gasteiger partial charge < -0.3 is 11.1 Å². The van der Waals surface area contributed by atoms with Crippen LogP contribution in [0.2, 0.25) is 0 Å². The highest BCUT2D eigenvalue weighted by atomic mass is 15.0. The van der Waals surface area contributed by atoms with Gasteiger partial charge in [0.25, 0.3) is 0 Å². The maximum Gasteiger partial charge on any atom is 0.0110 e. The number of nitrogens with two attached hydrogens (primary N) is 1. The maximum absolute atomic E-state index is 5.85. The van der Waals surface area contributed by atoms with Crippen LogP contribution in [0.3, 0.4) is 0 Å². The summed E-state index contributed by atoms with van der Waals surface area (Å²) in [6.45, 7) is 5.46. The topological polar surface area (TPSA) is 38.0 Å². The van der Waals surface area contributed by atoms with E-state index in [2.05, 4.69) is 19.2 Å². The fraction of sp³-hybridized carbons (Fsp3) is 1.00. The lowest BCUT2D eigenvalue weighted by atomic mass is 9.84. The highest BCUT2D eigenvalue weighted by Gasteiger charge is 2.24. The molecule has 3 N–H and O–H groups in total. The molecule has 1 aliphatic carbocycles. The van der Waals surface area contributed by atoms with Crippen LogP contribution in [0.15, 0.2) is 0 Å². The first-order valence-corrected chi connectivity index (χ1v) is 7.24. The van der Waals surface area contributed by atoms with E-state index in [9.17, 15) is 0 Å². The SMILES string of the molecule is CCCCCC(C)NC1CCCCC1CN. The second-order valence-electron chi connectivity index (χ2n) is 5.45. The lowest BCUT2D eigenvalue weighted by Crippen LogP contribution is -2.45. The summed E-state index contributed by atoms with van der Waals surface area (Å²) in [5.41, 5.74) is 5.85. The van der Waals surface area contributed by atoms with Crippen molar-refractivity contribution in [3.05, 3.63) is 0 Å². The van der Waals surface area contributed by atoms with Crippen LogP contribution in [0.1, 0.15) is 65.2 Å². The zero-order valence-electron chi connectivity index (χ0n) is 11.2. The van der Waals surface area contributed by atoms with Crippen LogP contribution in [0.4, 0.5) is 0 Å². The van der Waals surface area contributed by atoms with Gasteiger partial charge in [-0.25, -0.2) is 0 Å². The van der Waals surface area contributed by atoms with Gasteiger partial charge in [0.1, 0.15) is 0 Å². The largest absolute Gasteiger partial charge is 0.330 e. The third kappa shape index (κ3) is 4.84. The number of nitrogens with one attached hydrogen (secondary N) is 1. The molecule has 1 rings (SSSR count). The van der Waals surface area contributed by atoms with Crippen molar-refractivity contribution in [1.82, 2.24) is 5.32 Å². The Kier molecular flexibility index (Phi) is 7.06. The highest BCUT2D eigenvalue weighted by molar-refractivity contribution is 4.83. The van der Waals surface area contributed by atoms with Crippen LogP contribution in [-0.4, -0.2) is 18.6 Å². The van der Waals surface area contributed by atoms with Gasteiger partial charge in [-0.2, -0.15) is 0 Å². The molecule has 0 aromatic carbocycles. The van der Waals surface area contributed by atoms with Crippen molar-refractivity contribution in [2.45, 2.75) is 77.3 Å². The quantitative estimate of drug-likeness (QED) is 0.655. The minimum atomic E-state index is 0.670. The Morgan fingerprint density at radius 1 is 1.25 bits per heavy atom. The van der Waals surface area contributed by atoms with E-state index >= 15 is 0 Å². The van der Waals surface area contributed by atoms with E-state index in [0.29, 0.717) is 12.1 Å². The van der Waals surface area contributed by atoms with Gasteiger partial charge in [-0.15, -0.1) is 0 Å². The Hall–Kier alpha value is -0.0800. The average Bonchev–Trinajstić information content (AvgIpc) is 2.30. The molecule has 0 amide bonds. The average molecular weight is 226 g/mol. The predicted octanol–water partition coefficient (Wildman–Crippen LogP) is 3.06. The summed E-state index contributed by atoms with van der Waals surface area (Å²) < 4.78 is 0. The van der Waals surface area contributed by atoms with Gasteiger partial charge in [0.15, 0.2) is 0 Å². The van der Waals surface area contributed by atoms with Crippen LogP contribution in [0.5, 0.6) is 0 Å². The number of rotatable bonds is 7. The molecule has 0 aliphatic heterocycles. The molecule has 1 fully saturated rings. The lowest BCUT2D eigenvalue weighted by molar-refractivity contribution is 0.246. The molecule has 0 aromatic heterocycles. The molecule has 3 atom stereocenters. The Labute approximate surface area is 101 Å². The van der Waals surface area contributed by atoms with Crippen LogP contribution in [0, 0.1) is 5.92 Å². The van der Waals surface area contributed by atoms with Gasteiger partial charge in [0.05, 0.1) is 0 Å². The van der Waals surface area contributed by atoms with Gasteiger partial charge in [-0.3, -0.25) is 0 Å².